The maximum absolute atomic E-state index is 13.0. The molecule has 1 N–H and O–H groups in total. The van der Waals surface area contributed by atoms with E-state index in [9.17, 15) is 4.79 Å². The predicted octanol–water partition coefficient (Wildman–Crippen LogP) is 4.87. The average molecular weight is 421 g/mol. The lowest BCUT2D eigenvalue weighted by Gasteiger charge is -2.21. The standard InChI is InChI=1S/C21H22N6O2.C2H6/c1-29-18-11-17-14(13-26(25-17)15-6-3-2-4-7-15)10-16(18)21(28)24-20-12-22-19-8-5-9-23-27(19)20;1-2/h5,8-13,15H,2-4,6-7H2,1H3,(H,24,28);1-2H3. The molecule has 0 atom stereocenters. The molecule has 1 aromatic carbocycles. The molecule has 0 unspecified atom stereocenters. The third-order valence-electron chi connectivity index (χ3n) is 5.56. The van der Waals surface area contributed by atoms with Gasteiger partial charge in [-0.3, -0.25) is 9.48 Å². The van der Waals surface area contributed by atoms with E-state index >= 15 is 0 Å². The molecule has 162 valence electrons. The molecule has 1 aliphatic carbocycles. The Balaban J connectivity index is 0.00000112. The van der Waals surface area contributed by atoms with Gasteiger partial charge >= 0.3 is 0 Å². The largest absolute Gasteiger partial charge is 0.496 e. The minimum absolute atomic E-state index is 0.276. The van der Waals surface area contributed by atoms with Crippen LogP contribution in [0.15, 0.2) is 42.9 Å². The van der Waals surface area contributed by atoms with Crippen molar-refractivity contribution in [3.63, 3.8) is 0 Å². The fraction of sp³-hybridized carbons (Fsp3) is 0.391. The molecule has 0 bridgehead atoms. The Bertz CT molecular complexity index is 1190. The van der Waals surface area contributed by atoms with Gasteiger partial charge in [-0.1, -0.05) is 33.1 Å². The van der Waals surface area contributed by atoms with Gasteiger partial charge in [-0.2, -0.15) is 14.7 Å². The van der Waals surface area contributed by atoms with E-state index in [1.807, 2.05) is 38.2 Å². The summed E-state index contributed by atoms with van der Waals surface area (Å²) in [5.74, 6) is 0.720. The number of anilines is 1. The Kier molecular flexibility index (Phi) is 6.16. The van der Waals surface area contributed by atoms with Crippen molar-refractivity contribution in [2.45, 2.75) is 52.0 Å². The van der Waals surface area contributed by atoms with Crippen molar-refractivity contribution in [3.8, 4) is 5.75 Å². The van der Waals surface area contributed by atoms with Gasteiger partial charge in [-0.25, -0.2) is 4.98 Å². The third kappa shape index (κ3) is 4.10. The van der Waals surface area contributed by atoms with E-state index < -0.39 is 0 Å². The summed E-state index contributed by atoms with van der Waals surface area (Å²) in [7, 11) is 1.56. The predicted molar refractivity (Wildman–Crippen MR) is 121 cm³/mol. The van der Waals surface area contributed by atoms with Crippen molar-refractivity contribution in [2.24, 2.45) is 0 Å². The first kappa shape index (κ1) is 20.8. The van der Waals surface area contributed by atoms with Crippen LogP contribution in [0.25, 0.3) is 16.6 Å². The second kappa shape index (κ2) is 9.16. The van der Waals surface area contributed by atoms with Crippen LogP contribution in [0.5, 0.6) is 5.75 Å². The Morgan fingerprint density at radius 1 is 1.19 bits per heavy atom. The van der Waals surface area contributed by atoms with Gasteiger partial charge in [0.05, 0.1) is 30.4 Å². The zero-order valence-electron chi connectivity index (χ0n) is 18.2. The van der Waals surface area contributed by atoms with Crippen LogP contribution >= 0.6 is 0 Å². The smallest absolute Gasteiger partial charge is 0.260 e. The van der Waals surface area contributed by atoms with Crippen LogP contribution in [0, 0.1) is 0 Å². The van der Waals surface area contributed by atoms with Crippen LogP contribution in [-0.2, 0) is 0 Å². The summed E-state index contributed by atoms with van der Waals surface area (Å²) in [6, 6.07) is 7.73. The maximum atomic E-state index is 13.0. The number of imidazole rings is 1. The van der Waals surface area contributed by atoms with Gasteiger partial charge in [0.1, 0.15) is 5.75 Å². The van der Waals surface area contributed by atoms with Crippen molar-refractivity contribution in [1.82, 2.24) is 24.4 Å². The Labute approximate surface area is 181 Å². The highest BCUT2D eigenvalue weighted by molar-refractivity contribution is 6.08. The number of carbonyl (C=O) groups excluding carboxylic acids is 1. The van der Waals surface area contributed by atoms with Crippen LogP contribution in [0.2, 0.25) is 0 Å². The van der Waals surface area contributed by atoms with Crippen LogP contribution in [0.3, 0.4) is 0 Å². The number of methoxy groups -OCH3 is 1. The van der Waals surface area contributed by atoms with Gasteiger partial charge in [0.15, 0.2) is 11.5 Å². The van der Waals surface area contributed by atoms with Gasteiger partial charge in [-0.15, -0.1) is 0 Å². The lowest BCUT2D eigenvalue weighted by atomic mass is 9.96. The molecule has 8 heteroatoms. The topological polar surface area (TPSA) is 86.3 Å². The third-order valence-corrected chi connectivity index (χ3v) is 5.56. The van der Waals surface area contributed by atoms with Crippen molar-refractivity contribution in [3.05, 3.63) is 48.4 Å². The molecule has 31 heavy (non-hydrogen) atoms. The molecule has 3 heterocycles. The molecule has 1 saturated carbocycles. The van der Waals surface area contributed by atoms with E-state index in [2.05, 4.69) is 20.1 Å². The number of hydrogen-bond donors (Lipinski definition) is 1. The summed E-state index contributed by atoms with van der Waals surface area (Å²) in [4.78, 5) is 17.3. The van der Waals surface area contributed by atoms with Gasteiger partial charge < -0.3 is 10.1 Å². The summed E-state index contributed by atoms with van der Waals surface area (Å²) in [6.45, 7) is 4.00. The first-order valence-electron chi connectivity index (χ1n) is 10.9. The molecule has 5 rings (SSSR count). The highest BCUT2D eigenvalue weighted by Gasteiger charge is 2.20. The number of rotatable bonds is 4. The van der Waals surface area contributed by atoms with Crippen molar-refractivity contribution < 1.29 is 9.53 Å². The van der Waals surface area contributed by atoms with Crippen LogP contribution in [-0.4, -0.2) is 37.4 Å². The zero-order valence-corrected chi connectivity index (χ0v) is 18.2. The molecular weight excluding hydrogens is 392 g/mol. The first-order valence-corrected chi connectivity index (χ1v) is 10.9. The maximum Gasteiger partial charge on any atom is 0.260 e. The molecule has 1 aliphatic rings. The molecule has 3 aromatic heterocycles. The number of hydrogen-bond acceptors (Lipinski definition) is 5. The zero-order chi connectivity index (χ0) is 21.8. The number of benzene rings is 1. The molecule has 4 aromatic rings. The molecule has 0 radical (unpaired) electrons. The van der Waals surface area contributed by atoms with Gasteiger partial charge in [0.25, 0.3) is 5.91 Å². The van der Waals surface area contributed by atoms with Gasteiger partial charge in [0.2, 0.25) is 0 Å². The molecule has 0 saturated heterocycles. The van der Waals surface area contributed by atoms with Crippen LogP contribution in [0.4, 0.5) is 5.82 Å². The monoisotopic (exact) mass is 420 g/mol. The van der Waals surface area contributed by atoms with E-state index in [-0.39, 0.29) is 5.91 Å². The van der Waals surface area contributed by atoms with Crippen LogP contribution in [0.1, 0.15) is 62.4 Å². The number of carbonyl (C=O) groups is 1. The lowest BCUT2D eigenvalue weighted by molar-refractivity contribution is 0.102. The number of aromatic nitrogens is 5. The molecule has 0 spiro atoms. The van der Waals surface area contributed by atoms with Crippen molar-refractivity contribution in [1.29, 1.82) is 0 Å². The number of amides is 1. The van der Waals surface area contributed by atoms with E-state index in [1.54, 1.807) is 30.1 Å². The summed E-state index contributed by atoms with van der Waals surface area (Å²) in [5.41, 5.74) is 1.95. The van der Waals surface area contributed by atoms with E-state index in [0.29, 0.717) is 28.8 Å². The van der Waals surface area contributed by atoms with Crippen LogP contribution < -0.4 is 10.1 Å². The minimum Gasteiger partial charge on any atom is -0.496 e. The second-order valence-electron chi connectivity index (χ2n) is 7.40. The Morgan fingerprint density at radius 3 is 2.77 bits per heavy atom. The van der Waals surface area contributed by atoms with Gasteiger partial charge in [0, 0.05) is 23.8 Å². The highest BCUT2D eigenvalue weighted by Crippen LogP contribution is 2.31. The number of fused-ring (bicyclic) bond motifs is 2. The number of nitrogens with zero attached hydrogens (tertiary/aromatic N) is 5. The van der Waals surface area contributed by atoms with E-state index in [4.69, 9.17) is 9.84 Å². The quantitative estimate of drug-likeness (QED) is 0.509. The van der Waals surface area contributed by atoms with Gasteiger partial charge in [-0.05, 0) is 31.0 Å². The summed E-state index contributed by atoms with van der Waals surface area (Å²) < 4.78 is 9.13. The number of nitrogens with one attached hydrogen (secondary N) is 1. The molecule has 0 aliphatic heterocycles. The van der Waals surface area contributed by atoms with E-state index in [1.165, 1.54) is 19.3 Å². The van der Waals surface area contributed by atoms with Crippen molar-refractivity contribution >= 4 is 28.3 Å². The second-order valence-corrected chi connectivity index (χ2v) is 7.40. The van der Waals surface area contributed by atoms with E-state index in [0.717, 1.165) is 23.7 Å². The molecular formula is C23H28N6O2. The SMILES string of the molecule is CC.COc1cc2nn(C3CCCCC3)cc2cc1C(=O)Nc1cnc2cccnn12. The summed E-state index contributed by atoms with van der Waals surface area (Å²) in [5, 5.41) is 12.8. The molecule has 1 amide bonds. The average Bonchev–Trinajstić information content (AvgIpc) is 3.44. The van der Waals surface area contributed by atoms with Crippen molar-refractivity contribution in [2.75, 3.05) is 12.4 Å². The normalized spacial score (nSPS) is 14.3. The minimum atomic E-state index is -0.276. The number of ether oxygens (including phenoxy) is 1. The summed E-state index contributed by atoms with van der Waals surface area (Å²) in [6.07, 6.45) is 11.4. The fourth-order valence-corrected chi connectivity index (χ4v) is 4.05. The molecule has 8 nitrogen and oxygen atoms in total. The summed E-state index contributed by atoms with van der Waals surface area (Å²) >= 11 is 0. The first-order chi connectivity index (χ1) is 15.2. The molecule has 1 fully saturated rings. The Morgan fingerprint density at radius 2 is 2.00 bits per heavy atom. The Hall–Kier alpha value is -3.42. The lowest BCUT2D eigenvalue weighted by Crippen LogP contribution is -2.15. The fourth-order valence-electron chi connectivity index (χ4n) is 4.05. The highest BCUT2D eigenvalue weighted by atomic mass is 16.5.